The Hall–Kier alpha value is -0.120. The molecule has 92 valence electrons. The minimum atomic E-state index is 0.260. The molecule has 2 N–H and O–H groups in total. The Morgan fingerprint density at radius 2 is 1.69 bits per heavy atom. The fourth-order valence-corrected chi connectivity index (χ4v) is 4.78. The average Bonchev–Trinajstić information content (AvgIpc) is 2.97. The van der Waals surface area contributed by atoms with Gasteiger partial charge in [0.25, 0.3) is 0 Å². The van der Waals surface area contributed by atoms with Crippen LogP contribution in [0.5, 0.6) is 0 Å². The molecular formula is C13H23NO2. The number of ether oxygens (including phenoxy) is 2. The molecule has 0 radical (unpaired) electrons. The molecule has 0 aromatic carbocycles. The molecule has 0 aliphatic heterocycles. The molecule has 3 fully saturated rings. The topological polar surface area (TPSA) is 44.5 Å². The average molecular weight is 225 g/mol. The van der Waals surface area contributed by atoms with Gasteiger partial charge in [-0.1, -0.05) is 0 Å². The highest BCUT2D eigenvalue weighted by atomic mass is 16.5. The largest absolute Gasteiger partial charge is 0.379 e. The summed E-state index contributed by atoms with van der Waals surface area (Å²) in [5.74, 6) is 1.61. The van der Waals surface area contributed by atoms with E-state index in [0.717, 1.165) is 24.7 Å². The van der Waals surface area contributed by atoms with Crippen molar-refractivity contribution in [3.8, 4) is 0 Å². The van der Waals surface area contributed by atoms with Gasteiger partial charge in [-0.2, -0.15) is 0 Å². The molecule has 3 saturated carbocycles. The lowest BCUT2D eigenvalue weighted by Crippen LogP contribution is -2.45. The van der Waals surface area contributed by atoms with E-state index >= 15 is 0 Å². The lowest BCUT2D eigenvalue weighted by molar-refractivity contribution is -0.0157. The van der Waals surface area contributed by atoms with Crippen molar-refractivity contribution in [1.29, 1.82) is 0 Å². The minimum absolute atomic E-state index is 0.260. The van der Waals surface area contributed by atoms with E-state index in [-0.39, 0.29) is 12.2 Å². The van der Waals surface area contributed by atoms with Gasteiger partial charge in [0, 0.05) is 20.3 Å². The second-order valence-electron chi connectivity index (χ2n) is 5.99. The molecule has 0 saturated heterocycles. The predicted molar refractivity (Wildman–Crippen MR) is 62.1 cm³/mol. The van der Waals surface area contributed by atoms with Crippen LogP contribution in [0.15, 0.2) is 0 Å². The Kier molecular flexibility index (Phi) is 2.54. The first-order valence-electron chi connectivity index (χ1n) is 6.52. The summed E-state index contributed by atoms with van der Waals surface area (Å²) in [6.07, 6.45) is 6.84. The van der Waals surface area contributed by atoms with Gasteiger partial charge in [-0.05, 0) is 49.4 Å². The zero-order chi connectivity index (χ0) is 11.3. The smallest absolute Gasteiger partial charge is 0.0838 e. The first-order valence-corrected chi connectivity index (χ1v) is 6.52. The fraction of sp³-hybridized carbons (Fsp3) is 1.00. The summed E-state index contributed by atoms with van der Waals surface area (Å²) < 4.78 is 11.2. The highest BCUT2D eigenvalue weighted by Gasteiger charge is 2.61. The SMILES string of the molecule is COC1CC2(C[C@@H]1OC)C1CCC(C1)[C@H]2N. The van der Waals surface area contributed by atoms with E-state index in [2.05, 4.69) is 0 Å². The Labute approximate surface area is 97.7 Å². The van der Waals surface area contributed by atoms with Crippen LogP contribution in [0.2, 0.25) is 0 Å². The van der Waals surface area contributed by atoms with Crippen LogP contribution < -0.4 is 5.73 Å². The highest BCUT2D eigenvalue weighted by molar-refractivity contribution is 5.13. The third-order valence-corrected chi connectivity index (χ3v) is 5.64. The van der Waals surface area contributed by atoms with Crippen molar-refractivity contribution < 1.29 is 9.47 Å². The number of nitrogens with two attached hydrogens (primary N) is 1. The van der Waals surface area contributed by atoms with E-state index in [1.54, 1.807) is 14.2 Å². The minimum Gasteiger partial charge on any atom is -0.379 e. The van der Waals surface area contributed by atoms with Crippen molar-refractivity contribution in [1.82, 2.24) is 0 Å². The first-order chi connectivity index (χ1) is 7.71. The van der Waals surface area contributed by atoms with E-state index in [1.165, 1.54) is 19.3 Å². The normalized spacial score (nSPS) is 55.3. The molecule has 16 heavy (non-hydrogen) atoms. The van der Waals surface area contributed by atoms with Crippen molar-refractivity contribution in [3.63, 3.8) is 0 Å². The van der Waals surface area contributed by atoms with E-state index < -0.39 is 0 Å². The number of methoxy groups -OCH3 is 2. The molecule has 6 atom stereocenters. The Bertz CT molecular complexity index is 265. The van der Waals surface area contributed by atoms with E-state index in [9.17, 15) is 0 Å². The van der Waals surface area contributed by atoms with Crippen molar-refractivity contribution in [3.05, 3.63) is 0 Å². The van der Waals surface area contributed by atoms with Gasteiger partial charge >= 0.3 is 0 Å². The van der Waals surface area contributed by atoms with Crippen LogP contribution in [0.1, 0.15) is 32.1 Å². The molecule has 3 nitrogen and oxygen atoms in total. The maximum absolute atomic E-state index is 6.48. The lowest BCUT2D eigenvalue weighted by atomic mass is 9.69. The van der Waals surface area contributed by atoms with E-state index in [0.29, 0.717) is 11.5 Å². The highest BCUT2D eigenvalue weighted by Crippen LogP contribution is 2.62. The first kappa shape index (κ1) is 11.0. The van der Waals surface area contributed by atoms with Gasteiger partial charge in [-0.3, -0.25) is 0 Å². The van der Waals surface area contributed by atoms with Crippen molar-refractivity contribution in [2.75, 3.05) is 14.2 Å². The van der Waals surface area contributed by atoms with E-state index in [1.807, 2.05) is 0 Å². The molecule has 0 aromatic heterocycles. The molecule has 0 aromatic rings. The molecule has 3 aliphatic rings. The van der Waals surface area contributed by atoms with Crippen LogP contribution in [-0.2, 0) is 9.47 Å². The van der Waals surface area contributed by atoms with Gasteiger partial charge in [0.15, 0.2) is 0 Å². The third kappa shape index (κ3) is 1.25. The summed E-state index contributed by atoms with van der Waals surface area (Å²) >= 11 is 0. The van der Waals surface area contributed by atoms with Crippen molar-refractivity contribution >= 4 is 0 Å². The quantitative estimate of drug-likeness (QED) is 0.775. The van der Waals surface area contributed by atoms with Crippen LogP contribution in [0.25, 0.3) is 0 Å². The van der Waals surface area contributed by atoms with Gasteiger partial charge in [0.2, 0.25) is 0 Å². The standard InChI is InChI=1S/C13H23NO2/c1-15-10-6-13(7-11(10)16-2)9-4-3-8(5-9)12(13)14/h8-12H,3-7,14H2,1-2H3/t8?,9?,10-,11?,12+,13?/m0/s1. The van der Waals surface area contributed by atoms with Crippen molar-refractivity contribution in [2.45, 2.75) is 50.4 Å². The Morgan fingerprint density at radius 3 is 2.12 bits per heavy atom. The maximum atomic E-state index is 6.48. The molecule has 1 spiro atoms. The summed E-state index contributed by atoms with van der Waals surface area (Å²) in [6, 6.07) is 0.393. The zero-order valence-corrected chi connectivity index (χ0v) is 10.3. The molecular weight excluding hydrogens is 202 g/mol. The summed E-state index contributed by atoms with van der Waals surface area (Å²) in [5.41, 5.74) is 6.82. The second-order valence-corrected chi connectivity index (χ2v) is 5.99. The molecule has 3 rings (SSSR count). The third-order valence-electron chi connectivity index (χ3n) is 5.64. The van der Waals surface area contributed by atoms with Gasteiger partial charge < -0.3 is 15.2 Å². The van der Waals surface area contributed by atoms with Gasteiger partial charge in [0.1, 0.15) is 0 Å². The number of hydrogen-bond acceptors (Lipinski definition) is 3. The molecule has 3 aliphatic carbocycles. The number of rotatable bonds is 2. The monoisotopic (exact) mass is 225 g/mol. The number of fused-ring (bicyclic) bond motifs is 3. The molecule has 0 heterocycles. The van der Waals surface area contributed by atoms with Gasteiger partial charge in [0.05, 0.1) is 12.2 Å². The fourth-order valence-electron chi connectivity index (χ4n) is 4.78. The zero-order valence-electron chi connectivity index (χ0n) is 10.3. The Morgan fingerprint density at radius 1 is 1.06 bits per heavy atom. The van der Waals surface area contributed by atoms with Gasteiger partial charge in [-0.15, -0.1) is 0 Å². The van der Waals surface area contributed by atoms with Crippen LogP contribution in [-0.4, -0.2) is 32.5 Å². The molecule has 0 amide bonds. The predicted octanol–water partition coefficient (Wildman–Crippen LogP) is 1.55. The van der Waals surface area contributed by atoms with Crippen LogP contribution in [0.4, 0.5) is 0 Å². The van der Waals surface area contributed by atoms with Gasteiger partial charge in [-0.25, -0.2) is 0 Å². The van der Waals surface area contributed by atoms with E-state index in [4.69, 9.17) is 15.2 Å². The van der Waals surface area contributed by atoms with Crippen LogP contribution in [0.3, 0.4) is 0 Å². The number of hydrogen-bond donors (Lipinski definition) is 1. The summed E-state index contributed by atoms with van der Waals surface area (Å²) in [6.45, 7) is 0. The molecule has 3 heteroatoms. The second kappa shape index (κ2) is 3.69. The lowest BCUT2D eigenvalue weighted by Gasteiger charge is -2.39. The summed E-state index contributed by atoms with van der Waals surface area (Å²) in [5, 5.41) is 0. The summed E-state index contributed by atoms with van der Waals surface area (Å²) in [4.78, 5) is 0. The summed E-state index contributed by atoms with van der Waals surface area (Å²) in [7, 11) is 3.60. The molecule has 2 bridgehead atoms. The maximum Gasteiger partial charge on any atom is 0.0838 e. The molecule has 4 unspecified atom stereocenters. The van der Waals surface area contributed by atoms with Crippen LogP contribution in [0, 0.1) is 17.3 Å². The van der Waals surface area contributed by atoms with Crippen LogP contribution >= 0.6 is 0 Å². The van der Waals surface area contributed by atoms with Crippen molar-refractivity contribution in [2.24, 2.45) is 23.0 Å². The Balaban J connectivity index is 1.85.